The van der Waals surface area contributed by atoms with E-state index in [2.05, 4.69) is 10.5 Å². The first-order chi connectivity index (χ1) is 10.2. The van der Waals surface area contributed by atoms with Gasteiger partial charge in [-0.15, -0.1) is 11.3 Å². The lowest BCUT2D eigenvalue weighted by Gasteiger charge is -2.05. The van der Waals surface area contributed by atoms with Crippen molar-refractivity contribution in [1.29, 1.82) is 0 Å². The van der Waals surface area contributed by atoms with Crippen molar-refractivity contribution >= 4 is 23.1 Å². The van der Waals surface area contributed by atoms with Gasteiger partial charge >= 0.3 is 0 Å². The van der Waals surface area contributed by atoms with Crippen molar-refractivity contribution in [2.45, 2.75) is 39.2 Å². The molecule has 1 amide bonds. The lowest BCUT2D eigenvalue weighted by atomic mass is 10.2. The molecule has 21 heavy (non-hydrogen) atoms. The molecular weight excluding hydrogens is 288 g/mol. The molecule has 2 aromatic rings. The van der Waals surface area contributed by atoms with Crippen LogP contribution in [0.25, 0.3) is 0 Å². The zero-order chi connectivity index (χ0) is 14.8. The maximum Gasteiger partial charge on any atom is 0.268 e. The number of carbonyl (C=O) groups excluding carboxylic acids is 1. The van der Waals surface area contributed by atoms with E-state index in [4.69, 9.17) is 9.26 Å². The first kappa shape index (κ1) is 14.3. The first-order valence-electron chi connectivity index (χ1n) is 7.17. The summed E-state index contributed by atoms with van der Waals surface area (Å²) in [5, 5.41) is 6.73. The number of aryl methyl sites for hydroxylation is 1. The standard InChI is InChI=1S/C15H18N2O3S/c1-3-10-9(2)15(20-17-10)16-14(18)13-7-6-12(21-13)11-5-4-8-19-11/h6-7,11H,3-5,8H2,1-2H3,(H,16,18). The summed E-state index contributed by atoms with van der Waals surface area (Å²) in [4.78, 5) is 14.0. The lowest BCUT2D eigenvalue weighted by molar-refractivity contribution is 0.102. The largest absolute Gasteiger partial charge is 0.373 e. The van der Waals surface area contributed by atoms with Gasteiger partial charge in [0.05, 0.1) is 16.7 Å². The Morgan fingerprint density at radius 1 is 1.52 bits per heavy atom. The smallest absolute Gasteiger partial charge is 0.268 e. The van der Waals surface area contributed by atoms with Crippen LogP contribution in [0.5, 0.6) is 0 Å². The highest BCUT2D eigenvalue weighted by atomic mass is 32.1. The molecule has 0 bridgehead atoms. The number of amides is 1. The van der Waals surface area contributed by atoms with Gasteiger partial charge in [0, 0.05) is 17.0 Å². The van der Waals surface area contributed by atoms with Crippen LogP contribution in [0.3, 0.4) is 0 Å². The molecule has 3 heterocycles. The summed E-state index contributed by atoms with van der Waals surface area (Å²) in [6, 6.07) is 3.81. The molecule has 1 saturated heterocycles. The summed E-state index contributed by atoms with van der Waals surface area (Å²) < 4.78 is 10.8. The Balaban J connectivity index is 1.71. The lowest BCUT2D eigenvalue weighted by Crippen LogP contribution is -2.10. The number of nitrogens with zero attached hydrogens (tertiary/aromatic N) is 1. The van der Waals surface area contributed by atoms with Gasteiger partial charge in [0.25, 0.3) is 5.91 Å². The van der Waals surface area contributed by atoms with Crippen molar-refractivity contribution in [3.63, 3.8) is 0 Å². The molecule has 1 fully saturated rings. The molecule has 2 aromatic heterocycles. The molecule has 1 atom stereocenters. The number of carbonyl (C=O) groups is 1. The minimum absolute atomic E-state index is 0.148. The third-order valence-corrected chi connectivity index (χ3v) is 4.86. The van der Waals surface area contributed by atoms with Crippen molar-refractivity contribution in [1.82, 2.24) is 5.16 Å². The number of thiophene rings is 1. The predicted molar refractivity (Wildman–Crippen MR) is 80.8 cm³/mol. The Morgan fingerprint density at radius 2 is 2.38 bits per heavy atom. The number of rotatable bonds is 4. The van der Waals surface area contributed by atoms with Crippen molar-refractivity contribution in [2.24, 2.45) is 0 Å². The van der Waals surface area contributed by atoms with Gasteiger partial charge in [0.1, 0.15) is 0 Å². The number of nitrogens with one attached hydrogen (secondary N) is 1. The van der Waals surface area contributed by atoms with Gasteiger partial charge < -0.3 is 9.26 Å². The first-order valence-corrected chi connectivity index (χ1v) is 7.98. The van der Waals surface area contributed by atoms with Gasteiger partial charge in [-0.1, -0.05) is 12.1 Å². The van der Waals surface area contributed by atoms with Crippen molar-refractivity contribution in [2.75, 3.05) is 11.9 Å². The molecule has 3 rings (SSSR count). The molecule has 5 nitrogen and oxygen atoms in total. The normalized spacial score (nSPS) is 18.1. The van der Waals surface area contributed by atoms with Crippen LogP contribution < -0.4 is 5.32 Å². The molecule has 0 saturated carbocycles. The van der Waals surface area contributed by atoms with Gasteiger partial charge in [-0.25, -0.2) is 0 Å². The fourth-order valence-corrected chi connectivity index (χ4v) is 3.42. The quantitative estimate of drug-likeness (QED) is 0.935. The number of hydrogen-bond donors (Lipinski definition) is 1. The van der Waals surface area contributed by atoms with E-state index in [9.17, 15) is 4.79 Å². The highest BCUT2D eigenvalue weighted by molar-refractivity contribution is 7.14. The molecule has 0 aliphatic carbocycles. The fraction of sp³-hybridized carbons (Fsp3) is 0.467. The van der Waals surface area contributed by atoms with E-state index >= 15 is 0 Å². The summed E-state index contributed by atoms with van der Waals surface area (Å²) in [6.07, 6.45) is 3.05. The Bertz CT molecular complexity index is 641. The van der Waals surface area contributed by atoms with Crippen LogP contribution in [0.4, 0.5) is 5.88 Å². The average molecular weight is 306 g/mol. The van der Waals surface area contributed by atoms with E-state index in [1.165, 1.54) is 11.3 Å². The van der Waals surface area contributed by atoms with E-state index < -0.39 is 0 Å². The van der Waals surface area contributed by atoms with E-state index in [1.54, 1.807) is 0 Å². The summed E-state index contributed by atoms with van der Waals surface area (Å²) in [6.45, 7) is 4.71. The van der Waals surface area contributed by atoms with Gasteiger partial charge in [-0.05, 0) is 38.3 Å². The molecule has 1 aliphatic heterocycles. The van der Waals surface area contributed by atoms with E-state index in [0.717, 1.165) is 42.0 Å². The number of aromatic nitrogens is 1. The van der Waals surface area contributed by atoms with Gasteiger partial charge in [-0.3, -0.25) is 10.1 Å². The van der Waals surface area contributed by atoms with Crippen LogP contribution in [-0.2, 0) is 11.2 Å². The zero-order valence-electron chi connectivity index (χ0n) is 12.1. The van der Waals surface area contributed by atoms with Crippen LogP contribution in [0.15, 0.2) is 16.7 Å². The monoisotopic (exact) mass is 306 g/mol. The van der Waals surface area contributed by atoms with E-state index in [1.807, 2.05) is 26.0 Å². The minimum Gasteiger partial charge on any atom is -0.373 e. The van der Waals surface area contributed by atoms with Gasteiger partial charge in [0.15, 0.2) is 0 Å². The van der Waals surface area contributed by atoms with Gasteiger partial charge in [0.2, 0.25) is 5.88 Å². The Labute approximate surface area is 127 Å². The Morgan fingerprint density at radius 3 is 3.05 bits per heavy atom. The Hall–Kier alpha value is -1.66. The molecule has 1 unspecified atom stereocenters. The second kappa shape index (κ2) is 5.99. The maximum atomic E-state index is 12.3. The highest BCUT2D eigenvalue weighted by Gasteiger charge is 2.21. The summed E-state index contributed by atoms with van der Waals surface area (Å²) >= 11 is 1.48. The average Bonchev–Trinajstić information content (AvgIpc) is 3.19. The minimum atomic E-state index is -0.161. The fourth-order valence-electron chi connectivity index (χ4n) is 2.43. The van der Waals surface area contributed by atoms with Crippen molar-refractivity contribution < 1.29 is 14.1 Å². The number of ether oxygens (including phenoxy) is 1. The molecule has 0 aromatic carbocycles. The number of hydrogen-bond acceptors (Lipinski definition) is 5. The summed E-state index contributed by atoms with van der Waals surface area (Å²) in [5.74, 6) is 0.273. The van der Waals surface area contributed by atoms with Crippen LogP contribution >= 0.6 is 11.3 Å². The maximum absolute atomic E-state index is 12.3. The summed E-state index contributed by atoms with van der Waals surface area (Å²) in [7, 11) is 0. The SMILES string of the molecule is CCc1noc(NC(=O)c2ccc(C3CCCO3)s2)c1C. The van der Waals surface area contributed by atoms with Crippen LogP contribution in [0.2, 0.25) is 0 Å². The Kier molecular flexibility index (Phi) is 4.07. The third kappa shape index (κ3) is 2.87. The predicted octanol–water partition coefficient (Wildman–Crippen LogP) is 3.71. The molecular formula is C15H18N2O3S. The molecule has 6 heteroatoms. The van der Waals surface area contributed by atoms with Crippen molar-refractivity contribution in [3.8, 4) is 0 Å². The molecule has 1 N–H and O–H groups in total. The van der Waals surface area contributed by atoms with E-state index in [0.29, 0.717) is 10.8 Å². The highest BCUT2D eigenvalue weighted by Crippen LogP contribution is 2.33. The van der Waals surface area contributed by atoms with Crippen molar-refractivity contribution in [3.05, 3.63) is 33.1 Å². The zero-order valence-corrected chi connectivity index (χ0v) is 13.0. The van der Waals surface area contributed by atoms with E-state index in [-0.39, 0.29) is 12.0 Å². The molecule has 0 radical (unpaired) electrons. The van der Waals surface area contributed by atoms with Crippen LogP contribution in [0, 0.1) is 6.92 Å². The second-order valence-corrected chi connectivity index (χ2v) is 6.21. The molecule has 0 spiro atoms. The topological polar surface area (TPSA) is 64.4 Å². The van der Waals surface area contributed by atoms with Gasteiger partial charge in [-0.2, -0.15) is 0 Å². The molecule has 112 valence electrons. The van der Waals surface area contributed by atoms with Crippen LogP contribution in [-0.4, -0.2) is 17.7 Å². The summed E-state index contributed by atoms with van der Waals surface area (Å²) in [5.41, 5.74) is 1.76. The third-order valence-electron chi connectivity index (χ3n) is 3.68. The second-order valence-electron chi connectivity index (χ2n) is 5.09. The number of anilines is 1. The van der Waals surface area contributed by atoms with Crippen LogP contribution in [0.1, 0.15) is 51.7 Å². The molecule has 1 aliphatic rings.